The number of esters is 1. The summed E-state index contributed by atoms with van der Waals surface area (Å²) in [6.07, 6.45) is 0. The number of benzene rings is 3. The summed E-state index contributed by atoms with van der Waals surface area (Å²) in [4.78, 5) is 24.4. The first-order valence-electron chi connectivity index (χ1n) is 9.70. The molecule has 11 heteroatoms. The maximum absolute atomic E-state index is 12.7. The quantitative estimate of drug-likeness (QED) is 0.336. The van der Waals surface area contributed by atoms with E-state index in [0.717, 1.165) is 6.07 Å². The molecular weight excluding hydrogens is 472 g/mol. The van der Waals surface area contributed by atoms with Crippen LogP contribution in [0.1, 0.15) is 20.7 Å². The van der Waals surface area contributed by atoms with Crippen molar-refractivity contribution in [3.05, 3.63) is 83.9 Å². The minimum absolute atomic E-state index is 0.0777. The van der Waals surface area contributed by atoms with Crippen LogP contribution in [0.4, 0.5) is 14.5 Å². The van der Waals surface area contributed by atoms with Gasteiger partial charge in [0.05, 0.1) is 17.6 Å². The summed E-state index contributed by atoms with van der Waals surface area (Å²) in [5.41, 5.74) is 0.338. The summed E-state index contributed by atoms with van der Waals surface area (Å²) in [7, 11) is -2.52. The van der Waals surface area contributed by atoms with Gasteiger partial charge in [-0.3, -0.25) is 9.52 Å². The van der Waals surface area contributed by atoms with Gasteiger partial charge in [0.15, 0.2) is 12.4 Å². The average molecular weight is 491 g/mol. The number of carbonyl (C=O) groups is 2. The predicted molar refractivity (Wildman–Crippen MR) is 118 cm³/mol. The number of ketones is 1. The molecule has 0 heterocycles. The zero-order chi connectivity index (χ0) is 24.7. The average Bonchev–Trinajstić information content (AvgIpc) is 2.82. The standard InChI is InChI=1S/C23H19F2NO7S/c1-31-18-11-7-17(8-12-18)26-34(29,30)20-4-2-3-16(13-20)22(28)32-14-21(27)15-5-9-19(10-6-15)33-23(24)25/h2-13,23,26H,14H2,1H3. The van der Waals surface area contributed by atoms with Crippen molar-refractivity contribution in [2.75, 3.05) is 18.4 Å². The van der Waals surface area contributed by atoms with Crippen molar-refractivity contribution in [2.45, 2.75) is 11.5 Å². The fourth-order valence-electron chi connectivity index (χ4n) is 2.78. The number of halogens is 2. The van der Waals surface area contributed by atoms with E-state index in [2.05, 4.69) is 9.46 Å². The number of hydrogen-bond acceptors (Lipinski definition) is 7. The topological polar surface area (TPSA) is 108 Å². The van der Waals surface area contributed by atoms with Crippen LogP contribution in [0.3, 0.4) is 0 Å². The molecule has 3 aromatic rings. The zero-order valence-corrected chi connectivity index (χ0v) is 18.6. The molecule has 0 saturated heterocycles. The summed E-state index contributed by atoms with van der Waals surface area (Å²) in [6.45, 7) is -3.62. The Morgan fingerprint density at radius 3 is 2.18 bits per heavy atom. The van der Waals surface area contributed by atoms with Gasteiger partial charge in [0.1, 0.15) is 11.5 Å². The van der Waals surface area contributed by atoms with E-state index in [1.165, 1.54) is 61.7 Å². The second kappa shape index (κ2) is 10.8. The molecule has 0 atom stereocenters. The molecule has 3 aromatic carbocycles. The van der Waals surface area contributed by atoms with E-state index in [9.17, 15) is 26.8 Å². The number of rotatable bonds is 10. The van der Waals surface area contributed by atoms with Crippen molar-refractivity contribution < 1.29 is 41.0 Å². The highest BCUT2D eigenvalue weighted by Gasteiger charge is 2.18. The highest BCUT2D eigenvalue weighted by atomic mass is 32.2. The van der Waals surface area contributed by atoms with Crippen molar-refractivity contribution in [1.29, 1.82) is 0 Å². The molecule has 0 unspecified atom stereocenters. The van der Waals surface area contributed by atoms with Gasteiger partial charge >= 0.3 is 12.6 Å². The summed E-state index contributed by atoms with van der Waals surface area (Å²) in [5, 5.41) is 0. The maximum Gasteiger partial charge on any atom is 0.387 e. The molecule has 0 aliphatic carbocycles. The van der Waals surface area contributed by atoms with Crippen LogP contribution in [0.15, 0.2) is 77.7 Å². The molecule has 0 bridgehead atoms. The van der Waals surface area contributed by atoms with Gasteiger partial charge < -0.3 is 14.2 Å². The number of nitrogens with one attached hydrogen (secondary N) is 1. The van der Waals surface area contributed by atoms with Gasteiger partial charge in [-0.2, -0.15) is 8.78 Å². The fourth-order valence-corrected chi connectivity index (χ4v) is 3.89. The van der Waals surface area contributed by atoms with Gasteiger partial charge in [-0.15, -0.1) is 0 Å². The van der Waals surface area contributed by atoms with Gasteiger partial charge in [-0.05, 0) is 66.7 Å². The van der Waals surface area contributed by atoms with E-state index >= 15 is 0 Å². The minimum Gasteiger partial charge on any atom is -0.497 e. The van der Waals surface area contributed by atoms with Crippen LogP contribution in [-0.2, 0) is 14.8 Å². The van der Waals surface area contributed by atoms with Crippen LogP contribution in [0.25, 0.3) is 0 Å². The second-order valence-corrected chi connectivity index (χ2v) is 8.45. The third-order valence-electron chi connectivity index (χ3n) is 4.46. The van der Waals surface area contributed by atoms with Gasteiger partial charge in [0.2, 0.25) is 0 Å². The summed E-state index contributed by atoms with van der Waals surface area (Å²) in [5.74, 6) is -1.06. The predicted octanol–water partition coefficient (Wildman–Crippen LogP) is 4.14. The molecule has 0 aromatic heterocycles. The van der Waals surface area contributed by atoms with Crippen LogP contribution in [0, 0.1) is 0 Å². The van der Waals surface area contributed by atoms with E-state index < -0.39 is 35.0 Å². The Morgan fingerprint density at radius 1 is 0.912 bits per heavy atom. The van der Waals surface area contributed by atoms with Crippen LogP contribution in [0.2, 0.25) is 0 Å². The number of hydrogen-bond donors (Lipinski definition) is 1. The lowest BCUT2D eigenvalue weighted by molar-refractivity contribution is -0.0498. The molecule has 0 spiro atoms. The number of anilines is 1. The lowest BCUT2D eigenvalue weighted by atomic mass is 10.1. The first kappa shape index (κ1) is 24.6. The zero-order valence-electron chi connectivity index (χ0n) is 17.7. The SMILES string of the molecule is COc1ccc(NS(=O)(=O)c2cccc(C(=O)OCC(=O)c3ccc(OC(F)F)cc3)c2)cc1. The first-order chi connectivity index (χ1) is 16.2. The lowest BCUT2D eigenvalue weighted by Crippen LogP contribution is -2.16. The maximum atomic E-state index is 12.7. The molecular formula is C23H19F2NO7S. The number of Topliss-reactive ketones (excluding diaryl/α,β-unsaturated/α-hetero) is 1. The van der Waals surface area contributed by atoms with E-state index in [4.69, 9.17) is 9.47 Å². The molecule has 0 saturated carbocycles. The Balaban J connectivity index is 1.64. The molecule has 0 aliphatic rings. The monoisotopic (exact) mass is 491 g/mol. The highest BCUT2D eigenvalue weighted by molar-refractivity contribution is 7.92. The number of sulfonamides is 1. The number of ether oxygens (including phenoxy) is 3. The van der Waals surface area contributed by atoms with E-state index in [0.29, 0.717) is 11.4 Å². The molecule has 8 nitrogen and oxygen atoms in total. The second-order valence-electron chi connectivity index (χ2n) is 6.76. The van der Waals surface area contributed by atoms with Gasteiger partial charge in [0, 0.05) is 11.3 Å². The third kappa shape index (κ3) is 6.51. The molecule has 1 N–H and O–H groups in total. The molecule has 0 radical (unpaired) electrons. The Bertz CT molecular complexity index is 1260. The summed E-state index contributed by atoms with van der Waals surface area (Å²) >= 11 is 0. The van der Waals surface area contributed by atoms with Gasteiger partial charge in [-0.1, -0.05) is 6.07 Å². The van der Waals surface area contributed by atoms with E-state index in [1.54, 1.807) is 12.1 Å². The third-order valence-corrected chi connectivity index (χ3v) is 5.84. The molecule has 34 heavy (non-hydrogen) atoms. The van der Waals surface area contributed by atoms with Gasteiger partial charge in [0.25, 0.3) is 10.0 Å². The van der Waals surface area contributed by atoms with Crippen molar-refractivity contribution in [2.24, 2.45) is 0 Å². The largest absolute Gasteiger partial charge is 0.497 e. The number of alkyl halides is 2. The molecule has 3 rings (SSSR count). The summed E-state index contributed by atoms with van der Waals surface area (Å²) in [6, 6.07) is 16.2. The van der Waals surface area contributed by atoms with Crippen molar-refractivity contribution in [3.8, 4) is 11.5 Å². The highest BCUT2D eigenvalue weighted by Crippen LogP contribution is 2.20. The smallest absolute Gasteiger partial charge is 0.387 e. The normalized spacial score (nSPS) is 11.1. The van der Waals surface area contributed by atoms with E-state index in [1.807, 2.05) is 0 Å². The Morgan fingerprint density at radius 2 is 1.56 bits per heavy atom. The Hall–Kier alpha value is -3.99. The van der Waals surface area contributed by atoms with Crippen molar-refractivity contribution in [1.82, 2.24) is 0 Å². The number of methoxy groups -OCH3 is 1. The van der Waals surface area contributed by atoms with Crippen molar-refractivity contribution in [3.63, 3.8) is 0 Å². The van der Waals surface area contributed by atoms with Crippen LogP contribution in [0.5, 0.6) is 11.5 Å². The van der Waals surface area contributed by atoms with Gasteiger partial charge in [-0.25, -0.2) is 13.2 Å². The van der Waals surface area contributed by atoms with Crippen LogP contribution < -0.4 is 14.2 Å². The lowest BCUT2D eigenvalue weighted by Gasteiger charge is -2.10. The first-order valence-corrected chi connectivity index (χ1v) is 11.2. The molecule has 178 valence electrons. The van der Waals surface area contributed by atoms with Crippen LogP contribution in [-0.4, -0.2) is 40.5 Å². The van der Waals surface area contributed by atoms with Crippen molar-refractivity contribution >= 4 is 27.5 Å². The summed E-state index contributed by atoms with van der Waals surface area (Å²) < 4.78 is 66.3. The Labute approximate surface area is 194 Å². The molecule has 0 amide bonds. The number of carbonyl (C=O) groups excluding carboxylic acids is 2. The molecule has 0 fully saturated rings. The minimum atomic E-state index is -4.01. The Kier molecular flexibility index (Phi) is 7.79. The fraction of sp³-hybridized carbons (Fsp3) is 0.130. The van der Waals surface area contributed by atoms with E-state index in [-0.39, 0.29) is 21.8 Å². The van der Waals surface area contributed by atoms with Crippen LogP contribution >= 0.6 is 0 Å². The molecule has 0 aliphatic heterocycles.